The van der Waals surface area contributed by atoms with Crippen LogP contribution in [-0.4, -0.2) is 26.6 Å². The zero-order valence-corrected chi connectivity index (χ0v) is 12.5. The zero-order chi connectivity index (χ0) is 15.5. The molecule has 0 saturated carbocycles. The summed E-state index contributed by atoms with van der Waals surface area (Å²) in [5, 5.41) is 0. The van der Waals surface area contributed by atoms with E-state index in [2.05, 4.69) is 0 Å². The van der Waals surface area contributed by atoms with Crippen molar-refractivity contribution in [1.29, 1.82) is 0 Å². The SMILES string of the molecule is COc1ccc(C=C2COc3ccccc3C2=O)cc1OC. The number of hydrogen-bond acceptors (Lipinski definition) is 4. The standard InChI is InChI=1S/C18H16O4/c1-20-16-8-7-12(10-17(16)21-2)9-13-11-22-15-6-4-3-5-14(15)18(13)19/h3-10H,11H2,1-2H3. The minimum absolute atomic E-state index is 0.00312. The van der Waals surface area contributed by atoms with E-state index in [-0.39, 0.29) is 12.4 Å². The van der Waals surface area contributed by atoms with Gasteiger partial charge in [-0.25, -0.2) is 0 Å². The summed E-state index contributed by atoms with van der Waals surface area (Å²) >= 11 is 0. The van der Waals surface area contributed by atoms with Crippen molar-refractivity contribution in [2.45, 2.75) is 0 Å². The number of methoxy groups -OCH3 is 2. The highest BCUT2D eigenvalue weighted by Gasteiger charge is 2.22. The molecule has 0 N–H and O–H groups in total. The number of fused-ring (bicyclic) bond motifs is 1. The van der Waals surface area contributed by atoms with E-state index in [9.17, 15) is 4.79 Å². The van der Waals surface area contributed by atoms with Crippen molar-refractivity contribution in [2.24, 2.45) is 0 Å². The molecular weight excluding hydrogens is 280 g/mol. The molecule has 2 aromatic rings. The predicted molar refractivity (Wildman–Crippen MR) is 83.8 cm³/mol. The maximum Gasteiger partial charge on any atom is 0.196 e. The monoisotopic (exact) mass is 296 g/mol. The van der Waals surface area contributed by atoms with Crippen LogP contribution in [0.25, 0.3) is 6.08 Å². The molecule has 22 heavy (non-hydrogen) atoms. The maximum absolute atomic E-state index is 12.5. The zero-order valence-electron chi connectivity index (χ0n) is 12.5. The Morgan fingerprint density at radius 1 is 1.05 bits per heavy atom. The van der Waals surface area contributed by atoms with Gasteiger partial charge in [0.25, 0.3) is 0 Å². The Hall–Kier alpha value is -2.75. The first-order valence-electron chi connectivity index (χ1n) is 6.92. The van der Waals surface area contributed by atoms with Crippen LogP contribution in [0.15, 0.2) is 48.0 Å². The summed E-state index contributed by atoms with van der Waals surface area (Å²) in [5.74, 6) is 1.91. The van der Waals surface area contributed by atoms with Gasteiger partial charge in [0, 0.05) is 5.57 Å². The van der Waals surface area contributed by atoms with Gasteiger partial charge in [0.05, 0.1) is 19.8 Å². The Bertz CT molecular complexity index is 747. The quantitative estimate of drug-likeness (QED) is 0.815. The summed E-state index contributed by atoms with van der Waals surface area (Å²) in [5.41, 5.74) is 2.08. The normalized spacial score (nSPS) is 15.2. The van der Waals surface area contributed by atoms with E-state index >= 15 is 0 Å². The van der Waals surface area contributed by atoms with Crippen LogP contribution in [-0.2, 0) is 0 Å². The number of carbonyl (C=O) groups is 1. The molecule has 0 radical (unpaired) electrons. The number of benzene rings is 2. The Morgan fingerprint density at radius 3 is 2.59 bits per heavy atom. The highest BCUT2D eigenvalue weighted by Crippen LogP contribution is 2.31. The Kier molecular flexibility index (Phi) is 3.83. The number of carbonyl (C=O) groups excluding carboxylic acids is 1. The van der Waals surface area contributed by atoms with E-state index < -0.39 is 0 Å². The highest BCUT2D eigenvalue weighted by molar-refractivity contribution is 6.14. The van der Waals surface area contributed by atoms with Crippen molar-refractivity contribution in [2.75, 3.05) is 20.8 Å². The van der Waals surface area contributed by atoms with Crippen LogP contribution >= 0.6 is 0 Å². The Balaban J connectivity index is 1.95. The average Bonchev–Trinajstić information content (AvgIpc) is 2.57. The van der Waals surface area contributed by atoms with Gasteiger partial charge in [-0.3, -0.25) is 4.79 Å². The molecule has 112 valence electrons. The third kappa shape index (κ3) is 2.55. The summed E-state index contributed by atoms with van der Waals surface area (Å²) in [6.45, 7) is 0.268. The number of ether oxygens (including phenoxy) is 3. The van der Waals surface area contributed by atoms with Gasteiger partial charge in [0.2, 0.25) is 0 Å². The second kappa shape index (κ2) is 5.93. The summed E-state index contributed by atoms with van der Waals surface area (Å²) in [7, 11) is 3.17. The van der Waals surface area contributed by atoms with Crippen molar-refractivity contribution in [3.63, 3.8) is 0 Å². The van der Waals surface area contributed by atoms with Crippen molar-refractivity contribution in [1.82, 2.24) is 0 Å². The van der Waals surface area contributed by atoms with Crippen molar-refractivity contribution < 1.29 is 19.0 Å². The molecule has 0 aliphatic carbocycles. The summed E-state index contributed by atoms with van der Waals surface area (Å²) in [4.78, 5) is 12.5. The molecule has 0 aromatic heterocycles. The van der Waals surface area contributed by atoms with Crippen molar-refractivity contribution in [3.05, 3.63) is 59.2 Å². The highest BCUT2D eigenvalue weighted by atomic mass is 16.5. The van der Waals surface area contributed by atoms with Gasteiger partial charge in [0.15, 0.2) is 17.3 Å². The van der Waals surface area contributed by atoms with Crippen molar-refractivity contribution in [3.8, 4) is 17.2 Å². The smallest absolute Gasteiger partial charge is 0.196 e. The average molecular weight is 296 g/mol. The molecule has 0 unspecified atom stereocenters. The molecule has 3 rings (SSSR count). The first-order chi connectivity index (χ1) is 10.7. The topological polar surface area (TPSA) is 44.8 Å². The van der Waals surface area contributed by atoms with Crippen LogP contribution in [0.1, 0.15) is 15.9 Å². The van der Waals surface area contributed by atoms with Crippen LogP contribution in [0.3, 0.4) is 0 Å². The summed E-state index contributed by atoms with van der Waals surface area (Å²) < 4.78 is 16.1. The van der Waals surface area contributed by atoms with E-state index in [1.165, 1.54) is 0 Å². The first-order valence-corrected chi connectivity index (χ1v) is 6.92. The fourth-order valence-electron chi connectivity index (χ4n) is 2.43. The van der Waals surface area contributed by atoms with Gasteiger partial charge in [0.1, 0.15) is 12.4 Å². The Morgan fingerprint density at radius 2 is 1.82 bits per heavy atom. The molecule has 0 atom stereocenters. The van der Waals surface area contributed by atoms with E-state index in [0.717, 1.165) is 5.56 Å². The lowest BCUT2D eigenvalue weighted by Gasteiger charge is -2.18. The number of ketones is 1. The van der Waals surface area contributed by atoms with Crippen molar-refractivity contribution >= 4 is 11.9 Å². The minimum atomic E-state index is -0.00312. The predicted octanol–water partition coefficient (Wildman–Crippen LogP) is 3.36. The molecular formula is C18H16O4. The van der Waals surface area contributed by atoms with Crippen LogP contribution in [0.5, 0.6) is 17.2 Å². The first kappa shape index (κ1) is 14.2. The van der Waals surface area contributed by atoms with Gasteiger partial charge in [-0.1, -0.05) is 18.2 Å². The van der Waals surface area contributed by atoms with Gasteiger partial charge >= 0.3 is 0 Å². The number of para-hydroxylation sites is 1. The molecule has 1 aliphatic rings. The van der Waals surface area contributed by atoms with Crippen LogP contribution < -0.4 is 14.2 Å². The van der Waals surface area contributed by atoms with E-state index in [1.807, 2.05) is 36.4 Å². The third-order valence-corrected chi connectivity index (χ3v) is 3.56. The molecule has 1 aliphatic heterocycles. The van der Waals surface area contributed by atoms with Crippen LogP contribution in [0, 0.1) is 0 Å². The molecule has 1 heterocycles. The summed E-state index contributed by atoms with van der Waals surface area (Å²) in [6, 6.07) is 12.8. The number of rotatable bonds is 3. The maximum atomic E-state index is 12.5. The van der Waals surface area contributed by atoms with Gasteiger partial charge in [-0.2, -0.15) is 0 Å². The molecule has 0 bridgehead atoms. The Labute approximate surface area is 128 Å². The molecule has 0 fully saturated rings. The molecule has 2 aromatic carbocycles. The van der Waals surface area contributed by atoms with Gasteiger partial charge < -0.3 is 14.2 Å². The molecule has 4 heteroatoms. The second-order valence-corrected chi connectivity index (χ2v) is 4.90. The third-order valence-electron chi connectivity index (χ3n) is 3.56. The number of Topliss-reactive ketones (excluding diaryl/α,β-unsaturated/α-hetero) is 1. The van der Waals surface area contributed by atoms with E-state index in [4.69, 9.17) is 14.2 Å². The minimum Gasteiger partial charge on any atom is -0.493 e. The molecule has 4 nitrogen and oxygen atoms in total. The lowest BCUT2D eigenvalue weighted by atomic mass is 9.98. The number of hydrogen-bond donors (Lipinski definition) is 0. The van der Waals surface area contributed by atoms with Crippen LogP contribution in [0.2, 0.25) is 0 Å². The lowest BCUT2D eigenvalue weighted by molar-refractivity contribution is 0.100. The fourth-order valence-corrected chi connectivity index (χ4v) is 2.43. The molecule has 0 saturated heterocycles. The fraction of sp³-hybridized carbons (Fsp3) is 0.167. The van der Waals surface area contributed by atoms with Gasteiger partial charge in [-0.15, -0.1) is 0 Å². The largest absolute Gasteiger partial charge is 0.493 e. The van der Waals surface area contributed by atoms with E-state index in [0.29, 0.717) is 28.4 Å². The lowest BCUT2D eigenvalue weighted by Crippen LogP contribution is -2.18. The molecule has 0 spiro atoms. The second-order valence-electron chi connectivity index (χ2n) is 4.90. The molecule has 0 amide bonds. The van der Waals surface area contributed by atoms with Gasteiger partial charge in [-0.05, 0) is 35.9 Å². The summed E-state index contributed by atoms with van der Waals surface area (Å²) in [6.07, 6.45) is 1.82. The van der Waals surface area contributed by atoms with Crippen LogP contribution in [0.4, 0.5) is 0 Å². The van der Waals surface area contributed by atoms with E-state index in [1.54, 1.807) is 26.4 Å².